The Morgan fingerprint density at radius 2 is 1.75 bits per heavy atom. The molecule has 0 spiro atoms. The van der Waals surface area contributed by atoms with E-state index in [2.05, 4.69) is 17.0 Å². The number of thioether (sulfide) groups is 1. The Morgan fingerprint density at radius 1 is 1.07 bits per heavy atom. The van der Waals surface area contributed by atoms with Gasteiger partial charge in [0.1, 0.15) is 6.04 Å². The molecule has 0 aliphatic rings. The number of hydrogen-bond donors (Lipinski definition) is 2. The maximum absolute atomic E-state index is 12.7. The van der Waals surface area contributed by atoms with Crippen LogP contribution in [-0.4, -0.2) is 32.4 Å². The van der Waals surface area contributed by atoms with Gasteiger partial charge in [0.15, 0.2) is 0 Å². The lowest BCUT2D eigenvalue weighted by atomic mass is 10.1. The van der Waals surface area contributed by atoms with Crippen LogP contribution in [0.3, 0.4) is 0 Å². The summed E-state index contributed by atoms with van der Waals surface area (Å²) in [6.45, 7) is 2.15. The topological polar surface area (TPSA) is 75.3 Å². The van der Waals surface area contributed by atoms with Crippen molar-refractivity contribution in [1.82, 2.24) is 4.72 Å². The number of nitrogens with one attached hydrogen (secondary N) is 2. The van der Waals surface area contributed by atoms with E-state index in [4.69, 9.17) is 0 Å². The molecule has 2 aromatic rings. The van der Waals surface area contributed by atoms with Crippen molar-refractivity contribution in [2.24, 2.45) is 0 Å². The van der Waals surface area contributed by atoms with Gasteiger partial charge in [0.05, 0.1) is 4.90 Å². The van der Waals surface area contributed by atoms with Crippen LogP contribution in [0.25, 0.3) is 0 Å². The fourth-order valence-electron chi connectivity index (χ4n) is 2.70. The normalized spacial score (nSPS) is 12.5. The Morgan fingerprint density at radius 3 is 2.36 bits per heavy atom. The van der Waals surface area contributed by atoms with Crippen molar-refractivity contribution in [3.05, 3.63) is 60.2 Å². The fraction of sp³-hybridized carbons (Fsp3) is 0.381. The van der Waals surface area contributed by atoms with Gasteiger partial charge in [0.25, 0.3) is 0 Å². The standard InChI is InChI=1S/C21H28N2O3S2/c1-3-4-8-17-11-13-18(14-12-17)22-21(24)20(15-16-27-2)23-28(25,26)19-9-6-5-7-10-19/h5-7,9-14,20,23H,3-4,8,15-16H2,1-2H3,(H,22,24). The molecule has 28 heavy (non-hydrogen) atoms. The van der Waals surface area contributed by atoms with Crippen molar-refractivity contribution in [3.8, 4) is 0 Å². The van der Waals surface area contributed by atoms with Gasteiger partial charge in [-0.1, -0.05) is 43.7 Å². The van der Waals surface area contributed by atoms with Crippen LogP contribution in [0.5, 0.6) is 0 Å². The van der Waals surface area contributed by atoms with Crippen molar-refractivity contribution in [1.29, 1.82) is 0 Å². The van der Waals surface area contributed by atoms with E-state index in [-0.39, 0.29) is 10.8 Å². The zero-order valence-electron chi connectivity index (χ0n) is 16.4. The number of sulfonamides is 1. The summed E-state index contributed by atoms with van der Waals surface area (Å²) in [7, 11) is -3.76. The first-order valence-electron chi connectivity index (χ1n) is 9.42. The minimum atomic E-state index is -3.76. The van der Waals surface area contributed by atoms with Gasteiger partial charge in [0, 0.05) is 5.69 Å². The summed E-state index contributed by atoms with van der Waals surface area (Å²) >= 11 is 1.57. The Balaban J connectivity index is 2.08. The summed E-state index contributed by atoms with van der Waals surface area (Å²) < 4.78 is 27.8. The minimum absolute atomic E-state index is 0.150. The predicted octanol–water partition coefficient (Wildman–Crippen LogP) is 4.07. The number of rotatable bonds is 11. The monoisotopic (exact) mass is 420 g/mol. The van der Waals surface area contributed by atoms with Gasteiger partial charge in [-0.05, 0) is 61.1 Å². The highest BCUT2D eigenvalue weighted by atomic mass is 32.2. The maximum Gasteiger partial charge on any atom is 0.242 e. The second-order valence-electron chi connectivity index (χ2n) is 6.56. The summed E-state index contributed by atoms with van der Waals surface area (Å²) in [5.74, 6) is 0.320. The van der Waals surface area contributed by atoms with Crippen molar-refractivity contribution in [2.45, 2.75) is 43.5 Å². The van der Waals surface area contributed by atoms with Crippen molar-refractivity contribution >= 4 is 33.4 Å². The molecule has 1 amide bonds. The lowest BCUT2D eigenvalue weighted by Crippen LogP contribution is -2.44. The molecule has 2 rings (SSSR count). The van der Waals surface area contributed by atoms with E-state index in [9.17, 15) is 13.2 Å². The molecule has 5 nitrogen and oxygen atoms in total. The maximum atomic E-state index is 12.7. The molecule has 0 bridgehead atoms. The largest absolute Gasteiger partial charge is 0.325 e. The summed E-state index contributed by atoms with van der Waals surface area (Å²) in [5, 5.41) is 2.83. The Hall–Kier alpha value is -1.83. The highest BCUT2D eigenvalue weighted by Gasteiger charge is 2.25. The Bertz CT molecular complexity index is 838. The molecule has 0 saturated heterocycles. The zero-order valence-corrected chi connectivity index (χ0v) is 18.0. The summed E-state index contributed by atoms with van der Waals surface area (Å²) in [4.78, 5) is 12.9. The SMILES string of the molecule is CCCCc1ccc(NC(=O)C(CCSC)NS(=O)(=O)c2ccccc2)cc1. The molecule has 2 aromatic carbocycles. The predicted molar refractivity (Wildman–Crippen MR) is 117 cm³/mol. The molecule has 0 radical (unpaired) electrons. The lowest BCUT2D eigenvalue weighted by molar-refractivity contribution is -0.117. The molecule has 1 atom stereocenters. The molecule has 0 aliphatic heterocycles. The minimum Gasteiger partial charge on any atom is -0.325 e. The lowest BCUT2D eigenvalue weighted by Gasteiger charge is -2.18. The third-order valence-corrected chi connectivity index (χ3v) is 6.45. The Labute approximate surface area is 172 Å². The third-order valence-electron chi connectivity index (χ3n) is 4.32. The van der Waals surface area contributed by atoms with Crippen LogP contribution in [0.15, 0.2) is 59.5 Å². The molecular formula is C21H28N2O3S2. The first-order valence-corrected chi connectivity index (χ1v) is 12.3. The van der Waals surface area contributed by atoms with Gasteiger partial charge < -0.3 is 5.32 Å². The molecule has 0 fully saturated rings. The number of aryl methyl sites for hydroxylation is 1. The van der Waals surface area contributed by atoms with Crippen LogP contribution in [0.1, 0.15) is 31.7 Å². The summed E-state index contributed by atoms with van der Waals surface area (Å²) in [5.41, 5.74) is 1.89. The van der Waals surface area contributed by atoms with Crippen LogP contribution < -0.4 is 10.0 Å². The van der Waals surface area contributed by atoms with E-state index >= 15 is 0 Å². The third kappa shape index (κ3) is 6.96. The number of carbonyl (C=O) groups is 1. The number of benzene rings is 2. The van der Waals surface area contributed by atoms with Crippen LogP contribution in [0, 0.1) is 0 Å². The van der Waals surface area contributed by atoms with Crippen molar-refractivity contribution in [3.63, 3.8) is 0 Å². The smallest absolute Gasteiger partial charge is 0.242 e. The average Bonchev–Trinajstić information content (AvgIpc) is 2.71. The quantitative estimate of drug-likeness (QED) is 0.575. The van der Waals surface area contributed by atoms with E-state index in [0.29, 0.717) is 17.9 Å². The molecule has 0 aromatic heterocycles. The molecule has 152 valence electrons. The van der Waals surface area contributed by atoms with Gasteiger partial charge in [-0.25, -0.2) is 8.42 Å². The second kappa shape index (κ2) is 11.2. The van der Waals surface area contributed by atoms with E-state index < -0.39 is 16.1 Å². The van der Waals surface area contributed by atoms with Gasteiger partial charge >= 0.3 is 0 Å². The Kier molecular flexibility index (Phi) is 9.02. The van der Waals surface area contributed by atoms with E-state index in [1.807, 2.05) is 30.5 Å². The van der Waals surface area contributed by atoms with E-state index in [1.165, 1.54) is 17.7 Å². The van der Waals surface area contributed by atoms with Crippen LogP contribution in [0.4, 0.5) is 5.69 Å². The van der Waals surface area contributed by atoms with Crippen molar-refractivity contribution < 1.29 is 13.2 Å². The van der Waals surface area contributed by atoms with Crippen LogP contribution >= 0.6 is 11.8 Å². The van der Waals surface area contributed by atoms with Crippen LogP contribution in [0.2, 0.25) is 0 Å². The molecule has 2 N–H and O–H groups in total. The zero-order chi connectivity index (χ0) is 20.4. The van der Waals surface area contributed by atoms with Gasteiger partial charge in [-0.15, -0.1) is 0 Å². The summed E-state index contributed by atoms with van der Waals surface area (Å²) in [6, 6.07) is 15.0. The molecule has 0 heterocycles. The number of carbonyl (C=O) groups excluding carboxylic acids is 1. The molecule has 0 aliphatic carbocycles. The second-order valence-corrected chi connectivity index (χ2v) is 9.26. The van der Waals surface area contributed by atoms with Gasteiger partial charge in [-0.3, -0.25) is 4.79 Å². The van der Waals surface area contributed by atoms with Gasteiger partial charge in [-0.2, -0.15) is 16.5 Å². The molecule has 7 heteroatoms. The number of unbranched alkanes of at least 4 members (excludes halogenated alkanes) is 1. The fourth-order valence-corrected chi connectivity index (χ4v) is 4.42. The highest BCUT2D eigenvalue weighted by molar-refractivity contribution is 7.98. The first kappa shape index (κ1) is 22.5. The average molecular weight is 421 g/mol. The molecule has 1 unspecified atom stereocenters. The van der Waals surface area contributed by atoms with Gasteiger partial charge in [0.2, 0.25) is 15.9 Å². The summed E-state index contributed by atoms with van der Waals surface area (Å²) in [6.07, 6.45) is 5.61. The number of amides is 1. The highest BCUT2D eigenvalue weighted by Crippen LogP contribution is 2.15. The number of anilines is 1. The van der Waals surface area contributed by atoms with E-state index in [0.717, 1.165) is 19.3 Å². The number of hydrogen-bond acceptors (Lipinski definition) is 4. The molecular weight excluding hydrogens is 392 g/mol. The van der Waals surface area contributed by atoms with Crippen LogP contribution in [-0.2, 0) is 21.2 Å². The van der Waals surface area contributed by atoms with Crippen molar-refractivity contribution in [2.75, 3.05) is 17.3 Å². The first-order chi connectivity index (χ1) is 13.5. The molecule has 0 saturated carbocycles. The van der Waals surface area contributed by atoms with E-state index in [1.54, 1.807) is 30.0 Å².